The Morgan fingerprint density at radius 2 is 2.11 bits per heavy atom. The smallest absolute Gasteiger partial charge is 0.146 e. The van der Waals surface area contributed by atoms with Gasteiger partial charge in [0.15, 0.2) is 0 Å². The molecule has 0 unspecified atom stereocenters. The van der Waals surface area contributed by atoms with Gasteiger partial charge in [-0.05, 0) is 19.1 Å². The lowest BCUT2D eigenvalue weighted by molar-refractivity contribution is 0.268. The molecule has 0 spiro atoms. The van der Waals surface area contributed by atoms with Gasteiger partial charge in [0.05, 0.1) is 6.26 Å². The van der Waals surface area contributed by atoms with Crippen molar-refractivity contribution >= 4 is 6.08 Å². The number of furan rings is 1. The molecule has 94 valence electrons. The molecule has 1 heterocycles. The molecular weight excluding hydrogens is 226 g/mol. The van der Waals surface area contributed by atoms with Gasteiger partial charge in [0.1, 0.15) is 18.1 Å². The standard InChI is InChI=1S/C15H17NO2/c1-2-5-12-6-3-4-7-14(12)18-11-15-13(10-16)8-9-17-15/h2-9H,10-11,16H2,1H3. The van der Waals surface area contributed by atoms with E-state index in [1.165, 1.54) is 0 Å². The molecule has 0 atom stereocenters. The Balaban J connectivity index is 2.11. The largest absolute Gasteiger partial charge is 0.485 e. The van der Waals surface area contributed by atoms with Crippen LogP contribution < -0.4 is 10.5 Å². The fourth-order valence-corrected chi connectivity index (χ4v) is 1.75. The van der Waals surface area contributed by atoms with Crippen LogP contribution in [0.3, 0.4) is 0 Å². The van der Waals surface area contributed by atoms with E-state index in [-0.39, 0.29) is 0 Å². The Morgan fingerprint density at radius 1 is 1.28 bits per heavy atom. The summed E-state index contributed by atoms with van der Waals surface area (Å²) in [5, 5.41) is 0. The molecule has 0 fully saturated rings. The van der Waals surface area contributed by atoms with Crippen LogP contribution in [-0.4, -0.2) is 0 Å². The second kappa shape index (κ2) is 6.07. The zero-order chi connectivity index (χ0) is 12.8. The van der Waals surface area contributed by atoms with Crippen molar-refractivity contribution in [2.75, 3.05) is 0 Å². The molecule has 0 aliphatic rings. The summed E-state index contributed by atoms with van der Waals surface area (Å²) in [5.41, 5.74) is 7.66. The van der Waals surface area contributed by atoms with Crippen LogP contribution in [-0.2, 0) is 13.2 Å². The molecule has 18 heavy (non-hydrogen) atoms. The molecule has 3 nitrogen and oxygen atoms in total. The third-order valence-electron chi connectivity index (χ3n) is 2.68. The number of rotatable bonds is 5. The van der Waals surface area contributed by atoms with E-state index in [0.29, 0.717) is 13.2 Å². The Labute approximate surface area is 107 Å². The van der Waals surface area contributed by atoms with Crippen LogP contribution in [0.5, 0.6) is 5.75 Å². The molecule has 0 amide bonds. The molecule has 1 aromatic carbocycles. The van der Waals surface area contributed by atoms with Gasteiger partial charge in [-0.1, -0.05) is 30.4 Å². The van der Waals surface area contributed by atoms with E-state index in [1.54, 1.807) is 6.26 Å². The van der Waals surface area contributed by atoms with E-state index in [0.717, 1.165) is 22.6 Å². The zero-order valence-electron chi connectivity index (χ0n) is 10.4. The second-order valence-corrected chi connectivity index (χ2v) is 3.90. The first-order valence-corrected chi connectivity index (χ1v) is 5.95. The van der Waals surface area contributed by atoms with Crippen LogP contribution in [0, 0.1) is 0 Å². The van der Waals surface area contributed by atoms with Gasteiger partial charge in [0.2, 0.25) is 0 Å². The highest BCUT2D eigenvalue weighted by Gasteiger charge is 2.06. The van der Waals surface area contributed by atoms with Gasteiger partial charge in [-0.2, -0.15) is 0 Å². The van der Waals surface area contributed by atoms with Crippen molar-refractivity contribution in [2.45, 2.75) is 20.1 Å². The summed E-state index contributed by atoms with van der Waals surface area (Å²) in [6.45, 7) is 2.84. The average molecular weight is 243 g/mol. The van der Waals surface area contributed by atoms with Crippen LogP contribution in [0.15, 0.2) is 47.1 Å². The first-order chi connectivity index (χ1) is 8.85. The van der Waals surface area contributed by atoms with Crippen LogP contribution in [0.1, 0.15) is 23.8 Å². The monoisotopic (exact) mass is 243 g/mol. The maximum atomic E-state index is 5.78. The third-order valence-corrected chi connectivity index (χ3v) is 2.68. The normalized spacial score (nSPS) is 11.0. The minimum atomic E-state index is 0.397. The van der Waals surface area contributed by atoms with Gasteiger partial charge in [-0.25, -0.2) is 0 Å². The molecule has 2 aromatic rings. The number of hydrogen-bond acceptors (Lipinski definition) is 3. The SMILES string of the molecule is CC=Cc1ccccc1OCc1occc1CN. The molecule has 3 heteroatoms. The number of hydrogen-bond donors (Lipinski definition) is 1. The fraction of sp³-hybridized carbons (Fsp3) is 0.200. The van der Waals surface area contributed by atoms with E-state index in [4.69, 9.17) is 14.9 Å². The summed E-state index contributed by atoms with van der Waals surface area (Å²) < 4.78 is 11.1. The minimum absolute atomic E-state index is 0.397. The average Bonchev–Trinajstić information content (AvgIpc) is 2.85. The summed E-state index contributed by atoms with van der Waals surface area (Å²) in [7, 11) is 0. The molecule has 0 saturated carbocycles. The first kappa shape index (κ1) is 12.5. The number of nitrogens with two attached hydrogens (primary N) is 1. The van der Waals surface area contributed by atoms with Gasteiger partial charge < -0.3 is 14.9 Å². The summed E-state index contributed by atoms with van der Waals surface area (Å²) in [6.07, 6.45) is 5.64. The highest BCUT2D eigenvalue weighted by Crippen LogP contribution is 2.21. The van der Waals surface area contributed by atoms with E-state index in [2.05, 4.69) is 0 Å². The van der Waals surface area contributed by atoms with Crippen molar-refractivity contribution in [1.82, 2.24) is 0 Å². The molecule has 0 aliphatic carbocycles. The van der Waals surface area contributed by atoms with Crippen LogP contribution in [0.4, 0.5) is 0 Å². The van der Waals surface area contributed by atoms with Crippen molar-refractivity contribution in [3.05, 3.63) is 59.6 Å². The molecule has 1 aromatic heterocycles. The number of allylic oxidation sites excluding steroid dienone is 1. The van der Waals surface area contributed by atoms with Crippen LogP contribution >= 0.6 is 0 Å². The van der Waals surface area contributed by atoms with Gasteiger partial charge in [0, 0.05) is 17.7 Å². The predicted molar refractivity (Wildman–Crippen MR) is 72.1 cm³/mol. The highest BCUT2D eigenvalue weighted by atomic mass is 16.5. The first-order valence-electron chi connectivity index (χ1n) is 5.95. The molecule has 0 saturated heterocycles. The maximum Gasteiger partial charge on any atom is 0.146 e. The highest BCUT2D eigenvalue weighted by molar-refractivity contribution is 5.56. The van der Waals surface area contributed by atoms with Crippen molar-refractivity contribution in [1.29, 1.82) is 0 Å². The van der Waals surface area contributed by atoms with Gasteiger partial charge in [-0.3, -0.25) is 0 Å². The molecule has 0 radical (unpaired) electrons. The third kappa shape index (κ3) is 2.81. The Hall–Kier alpha value is -2.00. The van der Waals surface area contributed by atoms with Crippen molar-refractivity contribution < 1.29 is 9.15 Å². The summed E-state index contributed by atoms with van der Waals surface area (Å²) in [6, 6.07) is 9.77. The lowest BCUT2D eigenvalue weighted by Crippen LogP contribution is -2.02. The number of benzene rings is 1. The number of ether oxygens (including phenoxy) is 1. The Morgan fingerprint density at radius 3 is 2.89 bits per heavy atom. The van der Waals surface area contributed by atoms with E-state index in [1.807, 2.05) is 49.4 Å². The topological polar surface area (TPSA) is 48.4 Å². The summed E-state index contributed by atoms with van der Waals surface area (Å²) >= 11 is 0. The molecule has 0 aliphatic heterocycles. The van der Waals surface area contributed by atoms with Crippen LogP contribution in [0.25, 0.3) is 6.08 Å². The van der Waals surface area contributed by atoms with Crippen molar-refractivity contribution in [2.24, 2.45) is 5.73 Å². The van der Waals surface area contributed by atoms with Gasteiger partial charge in [-0.15, -0.1) is 0 Å². The Kier molecular flexibility index (Phi) is 4.20. The molecule has 2 N–H and O–H groups in total. The Bertz CT molecular complexity index is 529. The zero-order valence-corrected chi connectivity index (χ0v) is 10.4. The predicted octanol–water partition coefficient (Wildman–Crippen LogP) is 3.35. The van der Waals surface area contributed by atoms with E-state index < -0.39 is 0 Å². The van der Waals surface area contributed by atoms with Crippen LogP contribution in [0.2, 0.25) is 0 Å². The molecular formula is C15H17NO2. The quantitative estimate of drug-likeness (QED) is 0.876. The minimum Gasteiger partial charge on any atom is -0.485 e. The maximum absolute atomic E-state index is 5.78. The summed E-state index contributed by atoms with van der Waals surface area (Å²) in [4.78, 5) is 0. The second-order valence-electron chi connectivity index (χ2n) is 3.90. The molecule has 2 rings (SSSR count). The van der Waals surface area contributed by atoms with Gasteiger partial charge in [0.25, 0.3) is 0 Å². The lowest BCUT2D eigenvalue weighted by atomic mass is 10.2. The van der Waals surface area contributed by atoms with E-state index >= 15 is 0 Å². The van der Waals surface area contributed by atoms with E-state index in [9.17, 15) is 0 Å². The number of para-hydroxylation sites is 1. The fourth-order valence-electron chi connectivity index (χ4n) is 1.75. The van der Waals surface area contributed by atoms with Crippen molar-refractivity contribution in [3.8, 4) is 5.75 Å². The van der Waals surface area contributed by atoms with Crippen molar-refractivity contribution in [3.63, 3.8) is 0 Å². The molecule has 0 bridgehead atoms. The van der Waals surface area contributed by atoms with Gasteiger partial charge >= 0.3 is 0 Å². The lowest BCUT2D eigenvalue weighted by Gasteiger charge is -2.08. The summed E-state index contributed by atoms with van der Waals surface area (Å²) in [5.74, 6) is 1.63.